The van der Waals surface area contributed by atoms with E-state index in [1.54, 1.807) is 7.11 Å². The molecule has 8 heteroatoms. The second-order valence-electron chi connectivity index (χ2n) is 4.24. The number of hydrogen-bond acceptors (Lipinski definition) is 5. The number of methoxy groups -OCH3 is 1. The zero-order valence-corrected chi connectivity index (χ0v) is 12.2. The van der Waals surface area contributed by atoms with E-state index in [2.05, 4.69) is 4.52 Å². The lowest BCUT2D eigenvalue weighted by atomic mass is 10.1. The summed E-state index contributed by atoms with van der Waals surface area (Å²) in [6, 6.07) is 6.84. The summed E-state index contributed by atoms with van der Waals surface area (Å²) in [6.07, 6.45) is 0.826. The van der Waals surface area contributed by atoms with Crippen LogP contribution in [-0.4, -0.2) is 42.8 Å². The molecule has 4 N–H and O–H groups in total. The monoisotopic (exact) mass is 305 g/mol. The third-order valence-electron chi connectivity index (χ3n) is 2.44. The van der Waals surface area contributed by atoms with E-state index in [0.29, 0.717) is 12.4 Å². The highest BCUT2D eigenvalue weighted by molar-refractivity contribution is 7.46. The van der Waals surface area contributed by atoms with Crippen LogP contribution in [-0.2, 0) is 20.2 Å². The summed E-state index contributed by atoms with van der Waals surface area (Å²) in [5, 5.41) is 0. The lowest BCUT2D eigenvalue weighted by molar-refractivity contribution is 0.165. The van der Waals surface area contributed by atoms with Crippen LogP contribution in [0.2, 0.25) is 0 Å². The third kappa shape index (κ3) is 7.59. The Morgan fingerprint density at radius 1 is 1.25 bits per heavy atom. The van der Waals surface area contributed by atoms with Gasteiger partial charge in [-0.05, 0) is 24.1 Å². The lowest BCUT2D eigenvalue weighted by Crippen LogP contribution is -2.32. The van der Waals surface area contributed by atoms with Crippen molar-refractivity contribution in [2.24, 2.45) is 5.73 Å². The second kappa shape index (κ2) is 8.36. The maximum atomic E-state index is 10.5. The maximum Gasteiger partial charge on any atom is 0.469 e. The lowest BCUT2D eigenvalue weighted by Gasteiger charge is -2.14. The van der Waals surface area contributed by atoms with Gasteiger partial charge in [-0.2, -0.15) is 0 Å². The summed E-state index contributed by atoms with van der Waals surface area (Å²) in [5.74, 6) is 0.637. The summed E-state index contributed by atoms with van der Waals surface area (Å²) in [5.41, 5.74) is 6.75. The van der Waals surface area contributed by atoms with Gasteiger partial charge in [0, 0.05) is 7.11 Å². The highest BCUT2D eigenvalue weighted by atomic mass is 31.2. The molecule has 1 rings (SSSR count). The molecule has 0 saturated carbocycles. The zero-order valence-electron chi connectivity index (χ0n) is 11.3. The Kier molecular flexibility index (Phi) is 7.15. The first-order valence-electron chi connectivity index (χ1n) is 6.07. The van der Waals surface area contributed by atoms with E-state index in [0.717, 1.165) is 12.0 Å². The van der Waals surface area contributed by atoms with E-state index in [4.69, 9.17) is 25.0 Å². The standard InChI is InChI=1S/C12H20NO6P/c1-17-7-6-10-2-4-12(5-3-10)18-8-11(13)9-19-20(14,15)16/h2-5,11H,6-9,13H2,1H3,(H2,14,15,16)/t11-/m1/s1. The predicted octanol–water partition coefficient (Wildman–Crippen LogP) is 0.691. The predicted molar refractivity (Wildman–Crippen MR) is 73.5 cm³/mol. The summed E-state index contributed by atoms with van der Waals surface area (Å²) in [4.78, 5) is 17.1. The van der Waals surface area contributed by atoms with Crippen molar-refractivity contribution in [1.29, 1.82) is 0 Å². The first-order chi connectivity index (χ1) is 9.40. The number of rotatable bonds is 9. The van der Waals surface area contributed by atoms with Crippen molar-refractivity contribution in [2.75, 3.05) is 26.9 Å². The Morgan fingerprint density at radius 2 is 1.90 bits per heavy atom. The Hall–Kier alpha value is -0.950. The molecule has 0 amide bonds. The van der Waals surface area contributed by atoms with Crippen LogP contribution in [0.15, 0.2) is 24.3 Å². The average Bonchev–Trinajstić information content (AvgIpc) is 2.41. The molecule has 0 aliphatic heterocycles. The fourth-order valence-electron chi connectivity index (χ4n) is 1.42. The van der Waals surface area contributed by atoms with Crippen LogP contribution >= 0.6 is 7.82 Å². The summed E-state index contributed by atoms with van der Waals surface area (Å²) >= 11 is 0. The topological polar surface area (TPSA) is 111 Å². The Morgan fingerprint density at radius 3 is 2.45 bits per heavy atom. The molecule has 0 fully saturated rings. The normalized spacial score (nSPS) is 13.2. The third-order valence-corrected chi connectivity index (χ3v) is 2.92. The average molecular weight is 305 g/mol. The van der Waals surface area contributed by atoms with Crippen LogP contribution in [0.3, 0.4) is 0 Å². The van der Waals surface area contributed by atoms with E-state index in [1.165, 1.54) is 0 Å². The smallest absolute Gasteiger partial charge is 0.469 e. The molecule has 0 heterocycles. The minimum Gasteiger partial charge on any atom is -0.492 e. The molecular weight excluding hydrogens is 285 g/mol. The fourth-order valence-corrected chi connectivity index (χ4v) is 1.80. The number of nitrogens with two attached hydrogens (primary N) is 1. The van der Waals surface area contributed by atoms with Crippen molar-refractivity contribution in [3.05, 3.63) is 29.8 Å². The molecule has 20 heavy (non-hydrogen) atoms. The van der Waals surface area contributed by atoms with Gasteiger partial charge in [-0.25, -0.2) is 4.57 Å². The molecule has 7 nitrogen and oxygen atoms in total. The van der Waals surface area contributed by atoms with Crippen molar-refractivity contribution in [3.63, 3.8) is 0 Å². The van der Waals surface area contributed by atoms with Gasteiger partial charge in [0.2, 0.25) is 0 Å². The SMILES string of the molecule is COCCc1ccc(OC[C@@H](N)COP(=O)(O)O)cc1. The largest absolute Gasteiger partial charge is 0.492 e. The molecule has 0 radical (unpaired) electrons. The van der Waals surface area contributed by atoms with Gasteiger partial charge >= 0.3 is 7.82 Å². The Labute approximate surface area is 117 Å². The van der Waals surface area contributed by atoms with Gasteiger partial charge in [-0.3, -0.25) is 4.52 Å². The van der Waals surface area contributed by atoms with Gasteiger partial charge in [-0.1, -0.05) is 12.1 Å². The van der Waals surface area contributed by atoms with Gasteiger partial charge in [-0.15, -0.1) is 0 Å². The fraction of sp³-hybridized carbons (Fsp3) is 0.500. The van der Waals surface area contributed by atoms with Crippen molar-refractivity contribution in [1.82, 2.24) is 0 Å². The molecule has 1 atom stereocenters. The molecule has 0 aliphatic rings. The minimum absolute atomic E-state index is 0.109. The quantitative estimate of drug-likeness (QED) is 0.575. The van der Waals surface area contributed by atoms with Crippen molar-refractivity contribution in [3.8, 4) is 5.75 Å². The first kappa shape index (κ1) is 17.1. The molecule has 1 aromatic rings. The number of hydrogen-bond donors (Lipinski definition) is 3. The van der Waals surface area contributed by atoms with E-state index in [9.17, 15) is 4.57 Å². The van der Waals surface area contributed by atoms with Gasteiger partial charge in [0.05, 0.1) is 19.3 Å². The van der Waals surface area contributed by atoms with Crippen molar-refractivity contribution in [2.45, 2.75) is 12.5 Å². The van der Waals surface area contributed by atoms with Crippen LogP contribution in [0.25, 0.3) is 0 Å². The number of phosphoric acid groups is 1. The van der Waals surface area contributed by atoms with E-state index in [-0.39, 0.29) is 13.2 Å². The minimum atomic E-state index is -4.48. The first-order valence-corrected chi connectivity index (χ1v) is 7.60. The number of phosphoric ester groups is 1. The molecule has 0 aliphatic carbocycles. The van der Waals surface area contributed by atoms with Gasteiger partial charge in [0.1, 0.15) is 12.4 Å². The van der Waals surface area contributed by atoms with Gasteiger partial charge in [0.15, 0.2) is 0 Å². The van der Waals surface area contributed by atoms with Crippen molar-refractivity contribution >= 4 is 7.82 Å². The molecule has 0 saturated heterocycles. The zero-order chi connectivity index (χ0) is 15.0. The molecule has 1 aromatic carbocycles. The summed E-state index contributed by atoms with van der Waals surface area (Å²) < 4.78 is 25.2. The van der Waals surface area contributed by atoms with Crippen LogP contribution in [0.5, 0.6) is 5.75 Å². The highest BCUT2D eigenvalue weighted by Gasteiger charge is 2.16. The number of benzene rings is 1. The van der Waals surface area contributed by atoms with Crippen LogP contribution < -0.4 is 10.5 Å². The molecule has 114 valence electrons. The maximum absolute atomic E-state index is 10.5. The van der Waals surface area contributed by atoms with Crippen LogP contribution in [0, 0.1) is 0 Å². The van der Waals surface area contributed by atoms with E-state index >= 15 is 0 Å². The Balaban J connectivity index is 2.32. The van der Waals surface area contributed by atoms with E-state index in [1.807, 2.05) is 24.3 Å². The van der Waals surface area contributed by atoms with Crippen LogP contribution in [0.1, 0.15) is 5.56 Å². The Bertz CT molecular complexity index is 432. The molecule has 0 spiro atoms. The van der Waals surface area contributed by atoms with Gasteiger partial charge in [0.25, 0.3) is 0 Å². The molecular formula is C12H20NO6P. The van der Waals surface area contributed by atoms with E-state index < -0.39 is 13.9 Å². The van der Waals surface area contributed by atoms with Crippen molar-refractivity contribution < 1.29 is 28.3 Å². The summed E-state index contributed by atoms with van der Waals surface area (Å²) in [6.45, 7) is 0.498. The van der Waals surface area contributed by atoms with Crippen LogP contribution in [0.4, 0.5) is 0 Å². The molecule has 0 bridgehead atoms. The second-order valence-corrected chi connectivity index (χ2v) is 5.48. The highest BCUT2D eigenvalue weighted by Crippen LogP contribution is 2.35. The molecule has 0 aromatic heterocycles. The van der Waals surface area contributed by atoms with Gasteiger partial charge < -0.3 is 25.0 Å². The summed E-state index contributed by atoms with van der Waals surface area (Å²) in [7, 11) is -2.83. The molecule has 0 unspecified atom stereocenters. The number of ether oxygens (including phenoxy) is 2.